The summed E-state index contributed by atoms with van der Waals surface area (Å²) in [6, 6.07) is 7.88. The largest absolute Gasteiger partial charge is 0.254 e. The van der Waals surface area contributed by atoms with Crippen molar-refractivity contribution in [1.82, 2.24) is 9.97 Å². The van der Waals surface area contributed by atoms with E-state index in [-0.39, 0.29) is 0 Å². The highest BCUT2D eigenvalue weighted by Gasteiger charge is 2.03. The predicted octanol–water partition coefficient (Wildman–Crippen LogP) is 2.75. The molecular formula is C16H12N2. The lowest BCUT2D eigenvalue weighted by Gasteiger charge is -2.03. The second-order valence-corrected chi connectivity index (χ2v) is 3.98. The van der Waals surface area contributed by atoms with Crippen molar-refractivity contribution in [2.24, 2.45) is 0 Å². The molecule has 2 aromatic heterocycles. The monoisotopic (exact) mass is 232 g/mol. The topological polar surface area (TPSA) is 25.8 Å². The van der Waals surface area contributed by atoms with Gasteiger partial charge in [0, 0.05) is 6.20 Å². The Hall–Kier alpha value is -2.58. The summed E-state index contributed by atoms with van der Waals surface area (Å²) in [7, 11) is 0. The first-order valence-electron chi connectivity index (χ1n) is 5.58. The zero-order valence-corrected chi connectivity index (χ0v) is 10.4. The maximum Gasteiger partial charge on any atom is 0.117 e. The fourth-order valence-electron chi connectivity index (χ4n) is 1.51. The van der Waals surface area contributed by atoms with Gasteiger partial charge in [0.05, 0.1) is 11.4 Å². The van der Waals surface area contributed by atoms with Crippen molar-refractivity contribution < 1.29 is 0 Å². The highest BCUT2D eigenvalue weighted by molar-refractivity contribution is 5.56. The van der Waals surface area contributed by atoms with Crippen molar-refractivity contribution in [2.75, 3.05) is 0 Å². The zero-order chi connectivity index (χ0) is 13.0. The molecule has 2 heteroatoms. The van der Waals surface area contributed by atoms with Crippen LogP contribution in [0.2, 0.25) is 0 Å². The van der Waals surface area contributed by atoms with E-state index in [0.29, 0.717) is 5.69 Å². The van der Waals surface area contributed by atoms with Crippen LogP contribution in [0.15, 0.2) is 30.5 Å². The van der Waals surface area contributed by atoms with Gasteiger partial charge in [0.1, 0.15) is 5.69 Å². The van der Waals surface area contributed by atoms with E-state index in [2.05, 4.69) is 27.7 Å². The molecule has 0 amide bonds. The Kier molecular flexibility index (Phi) is 3.41. The summed E-state index contributed by atoms with van der Waals surface area (Å²) >= 11 is 0. The Balaban J connectivity index is 2.47. The summed E-state index contributed by atoms with van der Waals surface area (Å²) in [5.74, 6) is 7.74. The highest BCUT2D eigenvalue weighted by Crippen LogP contribution is 2.16. The van der Waals surface area contributed by atoms with Crippen LogP contribution in [-0.4, -0.2) is 9.97 Å². The molecule has 18 heavy (non-hydrogen) atoms. The van der Waals surface area contributed by atoms with E-state index >= 15 is 0 Å². The number of terminal acetylenes is 1. The van der Waals surface area contributed by atoms with Crippen molar-refractivity contribution in [3.8, 4) is 35.6 Å². The minimum absolute atomic E-state index is 0.702. The quantitative estimate of drug-likeness (QED) is 0.706. The summed E-state index contributed by atoms with van der Waals surface area (Å²) in [5.41, 5.74) is 4.48. The number of rotatable bonds is 1. The van der Waals surface area contributed by atoms with E-state index in [9.17, 15) is 0 Å². The van der Waals surface area contributed by atoms with Crippen LogP contribution in [0, 0.1) is 38.0 Å². The van der Waals surface area contributed by atoms with E-state index in [1.807, 2.05) is 44.3 Å². The standard InChI is InChI=1S/C16H12N2/c1-4-5-6-14-13(3)8-10-16(18-14)15-9-7-12(2)11-17-15/h1,7-11H,2-3H3. The molecule has 0 atom stereocenters. The molecule has 0 radical (unpaired) electrons. The number of nitrogens with zero attached hydrogens (tertiary/aromatic N) is 2. The predicted molar refractivity (Wildman–Crippen MR) is 72.7 cm³/mol. The van der Waals surface area contributed by atoms with E-state index in [0.717, 1.165) is 22.5 Å². The maximum absolute atomic E-state index is 5.13. The average molecular weight is 232 g/mol. The molecule has 0 aliphatic rings. The Labute approximate surface area is 107 Å². The van der Waals surface area contributed by atoms with E-state index in [4.69, 9.17) is 6.42 Å². The third-order valence-electron chi connectivity index (χ3n) is 2.52. The van der Waals surface area contributed by atoms with Crippen LogP contribution < -0.4 is 0 Å². The van der Waals surface area contributed by atoms with Crippen LogP contribution in [0.1, 0.15) is 16.8 Å². The van der Waals surface area contributed by atoms with Crippen molar-refractivity contribution in [1.29, 1.82) is 0 Å². The molecule has 2 heterocycles. The lowest BCUT2D eigenvalue weighted by molar-refractivity contribution is 1.19. The van der Waals surface area contributed by atoms with Crippen LogP contribution >= 0.6 is 0 Å². The SMILES string of the molecule is C#CC#Cc1nc(-c2ccc(C)cn2)ccc1C. The van der Waals surface area contributed by atoms with Crippen LogP contribution in [0.3, 0.4) is 0 Å². The van der Waals surface area contributed by atoms with Crippen molar-refractivity contribution >= 4 is 0 Å². The van der Waals surface area contributed by atoms with Gasteiger partial charge in [0.25, 0.3) is 0 Å². The summed E-state index contributed by atoms with van der Waals surface area (Å²) in [6.45, 7) is 3.96. The van der Waals surface area contributed by atoms with Gasteiger partial charge >= 0.3 is 0 Å². The summed E-state index contributed by atoms with van der Waals surface area (Å²) < 4.78 is 0. The molecule has 0 aromatic carbocycles. The fraction of sp³-hybridized carbons (Fsp3) is 0.125. The molecule has 0 fully saturated rings. The molecule has 2 rings (SSSR count). The molecule has 0 spiro atoms. The molecule has 0 saturated heterocycles. The van der Waals surface area contributed by atoms with Gasteiger partial charge in [-0.15, -0.1) is 6.42 Å². The first-order valence-corrected chi connectivity index (χ1v) is 5.58. The number of pyridine rings is 2. The first-order chi connectivity index (χ1) is 8.70. The number of hydrogen-bond acceptors (Lipinski definition) is 2. The molecule has 0 aliphatic carbocycles. The summed E-state index contributed by atoms with van der Waals surface area (Å²) in [4.78, 5) is 8.83. The van der Waals surface area contributed by atoms with Gasteiger partial charge in [0.15, 0.2) is 0 Å². The molecule has 0 bridgehead atoms. The van der Waals surface area contributed by atoms with Crippen molar-refractivity contribution in [3.05, 3.63) is 47.3 Å². The van der Waals surface area contributed by atoms with Gasteiger partial charge in [-0.3, -0.25) is 4.98 Å². The molecular weight excluding hydrogens is 220 g/mol. The lowest BCUT2D eigenvalue weighted by Crippen LogP contribution is -1.93. The van der Waals surface area contributed by atoms with Crippen molar-refractivity contribution in [3.63, 3.8) is 0 Å². The molecule has 2 nitrogen and oxygen atoms in total. The van der Waals surface area contributed by atoms with Gasteiger partial charge in [-0.25, -0.2) is 4.98 Å². The Morgan fingerprint density at radius 1 is 1.06 bits per heavy atom. The van der Waals surface area contributed by atoms with Gasteiger partial charge < -0.3 is 0 Å². The molecule has 0 N–H and O–H groups in total. The van der Waals surface area contributed by atoms with Gasteiger partial charge in [0.2, 0.25) is 0 Å². The minimum Gasteiger partial charge on any atom is -0.254 e. The molecule has 2 aromatic rings. The zero-order valence-electron chi connectivity index (χ0n) is 10.4. The number of aromatic nitrogens is 2. The third-order valence-corrected chi connectivity index (χ3v) is 2.52. The minimum atomic E-state index is 0.702. The van der Waals surface area contributed by atoms with Crippen LogP contribution in [0.5, 0.6) is 0 Å². The smallest absolute Gasteiger partial charge is 0.117 e. The number of aryl methyl sites for hydroxylation is 2. The van der Waals surface area contributed by atoms with Gasteiger partial charge in [-0.05, 0) is 54.9 Å². The lowest BCUT2D eigenvalue weighted by atomic mass is 10.1. The van der Waals surface area contributed by atoms with Crippen LogP contribution in [-0.2, 0) is 0 Å². The highest BCUT2D eigenvalue weighted by atomic mass is 14.8. The Morgan fingerprint density at radius 3 is 2.50 bits per heavy atom. The van der Waals surface area contributed by atoms with E-state index in [1.165, 1.54) is 0 Å². The van der Waals surface area contributed by atoms with E-state index in [1.54, 1.807) is 0 Å². The summed E-state index contributed by atoms with van der Waals surface area (Å²) in [5, 5.41) is 0. The van der Waals surface area contributed by atoms with E-state index < -0.39 is 0 Å². The summed E-state index contributed by atoms with van der Waals surface area (Å²) in [6.07, 6.45) is 6.95. The first kappa shape index (κ1) is 11.9. The van der Waals surface area contributed by atoms with Gasteiger partial charge in [-0.1, -0.05) is 12.1 Å². The fourth-order valence-corrected chi connectivity index (χ4v) is 1.51. The molecule has 86 valence electrons. The second-order valence-electron chi connectivity index (χ2n) is 3.98. The van der Waals surface area contributed by atoms with Crippen LogP contribution in [0.25, 0.3) is 11.4 Å². The molecule has 0 saturated carbocycles. The average Bonchev–Trinajstić information content (AvgIpc) is 2.39. The Bertz CT molecular complexity index is 665. The van der Waals surface area contributed by atoms with Crippen molar-refractivity contribution in [2.45, 2.75) is 13.8 Å². The van der Waals surface area contributed by atoms with Gasteiger partial charge in [-0.2, -0.15) is 0 Å². The van der Waals surface area contributed by atoms with Crippen LogP contribution in [0.4, 0.5) is 0 Å². The normalized spacial score (nSPS) is 9.17. The second kappa shape index (κ2) is 5.17. The maximum atomic E-state index is 5.13. The molecule has 0 aliphatic heterocycles. The Morgan fingerprint density at radius 2 is 1.83 bits per heavy atom. The molecule has 0 unspecified atom stereocenters. The third kappa shape index (κ3) is 2.56. The number of hydrogen-bond donors (Lipinski definition) is 0.